The molecule has 2 heterocycles. The van der Waals surface area contributed by atoms with Gasteiger partial charge in [-0.1, -0.05) is 18.2 Å². The van der Waals surface area contributed by atoms with E-state index in [2.05, 4.69) is 10.3 Å². The highest BCUT2D eigenvalue weighted by Gasteiger charge is 2.12. The van der Waals surface area contributed by atoms with Gasteiger partial charge in [0.25, 0.3) is 0 Å². The Morgan fingerprint density at radius 2 is 2.05 bits per heavy atom. The second-order valence-corrected chi connectivity index (χ2v) is 4.81. The van der Waals surface area contributed by atoms with Crippen molar-refractivity contribution < 1.29 is 13.6 Å². The van der Waals surface area contributed by atoms with E-state index in [0.717, 1.165) is 15.5 Å². The molecule has 114 valence electrons. The van der Waals surface area contributed by atoms with Gasteiger partial charge in [0.05, 0.1) is 6.54 Å². The Morgan fingerprint density at radius 3 is 2.86 bits per heavy atom. The summed E-state index contributed by atoms with van der Waals surface area (Å²) in [5, 5.41) is 3.65. The predicted molar refractivity (Wildman–Crippen MR) is 77.3 cm³/mol. The fourth-order valence-electron chi connectivity index (χ4n) is 2.33. The van der Waals surface area contributed by atoms with Crippen molar-refractivity contribution in [2.75, 3.05) is 0 Å². The number of fused-ring (bicyclic) bond motifs is 1. The first-order chi connectivity index (χ1) is 10.6. The Kier molecular flexibility index (Phi) is 3.86. The van der Waals surface area contributed by atoms with Crippen LogP contribution in [-0.2, 0) is 17.9 Å². The van der Waals surface area contributed by atoms with Gasteiger partial charge in [-0.3, -0.25) is 9.36 Å². The van der Waals surface area contributed by atoms with Crippen molar-refractivity contribution in [3.8, 4) is 0 Å². The minimum Gasteiger partial charge on any atom is -0.347 e. The zero-order valence-electron chi connectivity index (χ0n) is 11.6. The Labute approximate surface area is 125 Å². The summed E-state index contributed by atoms with van der Waals surface area (Å²) < 4.78 is 27.9. The summed E-state index contributed by atoms with van der Waals surface area (Å²) in [4.78, 5) is 15.8. The fraction of sp³-hybridized carbons (Fsp3) is 0.200. The highest BCUT2D eigenvalue weighted by atomic mass is 19.3. The molecule has 5 nitrogen and oxygen atoms in total. The molecule has 7 heteroatoms. The zero-order chi connectivity index (χ0) is 15.5. The number of carbonyl (C=O) groups excluding carboxylic acids is 1. The summed E-state index contributed by atoms with van der Waals surface area (Å²) in [6.45, 7) is -2.57. The van der Waals surface area contributed by atoms with Crippen LogP contribution >= 0.6 is 0 Å². The molecular formula is C15H14F2N4O. The summed E-state index contributed by atoms with van der Waals surface area (Å²) in [5.41, 5.74) is 0.951. The van der Waals surface area contributed by atoms with Crippen molar-refractivity contribution >= 4 is 16.8 Å². The topological polar surface area (TPSA) is 51.9 Å². The van der Waals surface area contributed by atoms with E-state index in [0.29, 0.717) is 0 Å². The average Bonchev–Trinajstić information content (AvgIpc) is 3.12. The molecule has 0 atom stereocenters. The lowest BCUT2D eigenvalue weighted by Gasteiger charge is -2.09. The minimum atomic E-state index is -2.66. The highest BCUT2D eigenvalue weighted by molar-refractivity contribution is 5.83. The Bertz CT molecular complexity index is 794. The van der Waals surface area contributed by atoms with Gasteiger partial charge in [-0.2, -0.15) is 8.78 Å². The number of alkyl halides is 2. The molecule has 0 aliphatic carbocycles. The maximum Gasteiger partial charge on any atom is 0.319 e. The number of para-hydroxylation sites is 1. The second-order valence-electron chi connectivity index (χ2n) is 4.81. The quantitative estimate of drug-likeness (QED) is 0.787. The van der Waals surface area contributed by atoms with Crippen LogP contribution in [0.1, 0.15) is 12.4 Å². The van der Waals surface area contributed by atoms with Crippen LogP contribution in [-0.4, -0.2) is 20.0 Å². The van der Waals surface area contributed by atoms with Gasteiger partial charge in [0.15, 0.2) is 0 Å². The van der Waals surface area contributed by atoms with Crippen LogP contribution in [0, 0.1) is 0 Å². The molecule has 1 N–H and O–H groups in total. The van der Waals surface area contributed by atoms with Crippen LogP contribution in [0.4, 0.5) is 8.78 Å². The molecule has 0 radical (unpaired) electrons. The number of carbonyl (C=O) groups is 1. The van der Waals surface area contributed by atoms with Gasteiger partial charge in [0.2, 0.25) is 5.91 Å². The zero-order valence-corrected chi connectivity index (χ0v) is 11.6. The minimum absolute atomic E-state index is 0.0324. The molecule has 1 amide bonds. The van der Waals surface area contributed by atoms with Crippen LogP contribution in [0.3, 0.4) is 0 Å². The summed E-state index contributed by atoms with van der Waals surface area (Å²) in [7, 11) is 0. The van der Waals surface area contributed by atoms with Gasteiger partial charge in [-0.25, -0.2) is 4.98 Å². The number of aromatic nitrogens is 3. The summed E-state index contributed by atoms with van der Waals surface area (Å²) >= 11 is 0. The molecule has 1 aromatic carbocycles. The average molecular weight is 304 g/mol. The van der Waals surface area contributed by atoms with Gasteiger partial charge >= 0.3 is 6.55 Å². The molecule has 0 unspecified atom stereocenters. The van der Waals surface area contributed by atoms with Crippen molar-refractivity contribution in [3.05, 3.63) is 54.7 Å². The molecular weight excluding hydrogens is 290 g/mol. The SMILES string of the molecule is O=C(Cn1ccc2ccccc21)NCc1nccn1C(F)F. The van der Waals surface area contributed by atoms with E-state index in [1.165, 1.54) is 12.4 Å². The van der Waals surface area contributed by atoms with Crippen molar-refractivity contribution in [2.45, 2.75) is 19.6 Å². The number of nitrogens with zero attached hydrogens (tertiary/aromatic N) is 3. The van der Waals surface area contributed by atoms with Crippen molar-refractivity contribution in [1.82, 2.24) is 19.4 Å². The Morgan fingerprint density at radius 1 is 1.23 bits per heavy atom. The molecule has 0 saturated carbocycles. The normalized spacial score (nSPS) is 11.2. The summed E-state index contributed by atoms with van der Waals surface area (Å²) in [5.74, 6) is -0.133. The van der Waals surface area contributed by atoms with Gasteiger partial charge in [-0.15, -0.1) is 0 Å². The van der Waals surface area contributed by atoms with Crippen molar-refractivity contribution in [1.29, 1.82) is 0 Å². The van der Waals surface area contributed by atoms with E-state index in [4.69, 9.17) is 0 Å². The number of benzene rings is 1. The molecule has 3 aromatic rings. The monoisotopic (exact) mass is 304 g/mol. The number of rotatable bonds is 5. The molecule has 0 spiro atoms. The third-order valence-electron chi connectivity index (χ3n) is 3.40. The van der Waals surface area contributed by atoms with E-state index < -0.39 is 6.55 Å². The van der Waals surface area contributed by atoms with Crippen LogP contribution < -0.4 is 5.32 Å². The number of nitrogens with one attached hydrogen (secondary N) is 1. The molecule has 0 aliphatic heterocycles. The number of hydrogen-bond acceptors (Lipinski definition) is 2. The second kappa shape index (κ2) is 5.97. The lowest BCUT2D eigenvalue weighted by molar-refractivity contribution is -0.121. The van der Waals surface area contributed by atoms with E-state index in [-0.39, 0.29) is 24.8 Å². The van der Waals surface area contributed by atoms with Gasteiger partial charge in [-0.05, 0) is 17.5 Å². The first-order valence-electron chi connectivity index (χ1n) is 6.75. The number of imidazole rings is 1. The Hall–Kier alpha value is -2.70. The van der Waals surface area contributed by atoms with E-state index in [1.54, 1.807) is 0 Å². The molecule has 0 fully saturated rings. The van der Waals surface area contributed by atoms with E-state index in [1.807, 2.05) is 41.1 Å². The summed E-state index contributed by atoms with van der Waals surface area (Å²) in [6.07, 6.45) is 4.29. The van der Waals surface area contributed by atoms with Crippen LogP contribution in [0.15, 0.2) is 48.9 Å². The van der Waals surface area contributed by atoms with E-state index >= 15 is 0 Å². The molecule has 2 aromatic heterocycles. The maximum atomic E-state index is 12.7. The molecule has 22 heavy (non-hydrogen) atoms. The molecule has 0 aliphatic rings. The van der Waals surface area contributed by atoms with Crippen LogP contribution in [0.25, 0.3) is 10.9 Å². The molecule has 0 bridgehead atoms. The summed E-state index contributed by atoms with van der Waals surface area (Å²) in [6, 6.07) is 9.63. The van der Waals surface area contributed by atoms with E-state index in [9.17, 15) is 13.6 Å². The predicted octanol–water partition coefficient (Wildman–Crippen LogP) is 2.55. The van der Waals surface area contributed by atoms with Gasteiger partial charge in [0.1, 0.15) is 12.4 Å². The molecule has 3 rings (SSSR count). The van der Waals surface area contributed by atoms with Crippen molar-refractivity contribution in [2.24, 2.45) is 0 Å². The van der Waals surface area contributed by atoms with Crippen molar-refractivity contribution in [3.63, 3.8) is 0 Å². The lowest BCUT2D eigenvalue weighted by atomic mass is 10.2. The first kappa shape index (κ1) is 14.2. The number of hydrogen-bond donors (Lipinski definition) is 1. The third-order valence-corrected chi connectivity index (χ3v) is 3.40. The first-order valence-corrected chi connectivity index (χ1v) is 6.75. The Balaban J connectivity index is 1.64. The number of amides is 1. The fourth-order valence-corrected chi connectivity index (χ4v) is 2.33. The van der Waals surface area contributed by atoms with Crippen LogP contribution in [0.2, 0.25) is 0 Å². The maximum absolute atomic E-state index is 12.7. The van der Waals surface area contributed by atoms with Crippen LogP contribution in [0.5, 0.6) is 0 Å². The third kappa shape index (κ3) is 2.83. The largest absolute Gasteiger partial charge is 0.347 e. The van der Waals surface area contributed by atoms with Gasteiger partial charge in [0, 0.05) is 24.1 Å². The molecule has 0 saturated heterocycles. The standard InChI is InChI=1S/C15H14F2N4O/c16-15(17)21-8-6-18-13(21)9-19-14(22)10-20-7-5-11-3-1-2-4-12(11)20/h1-8,15H,9-10H2,(H,19,22). The lowest BCUT2D eigenvalue weighted by Crippen LogP contribution is -2.28. The van der Waals surface area contributed by atoms with Gasteiger partial charge < -0.3 is 9.88 Å². The highest BCUT2D eigenvalue weighted by Crippen LogP contribution is 2.15. The number of halogens is 2. The smallest absolute Gasteiger partial charge is 0.319 e.